The fourth-order valence-corrected chi connectivity index (χ4v) is 2.20. The predicted octanol–water partition coefficient (Wildman–Crippen LogP) is 3.38. The molecule has 1 rings (SSSR count). The van der Waals surface area contributed by atoms with E-state index >= 15 is 0 Å². The van der Waals surface area contributed by atoms with Gasteiger partial charge in [-0.25, -0.2) is 0 Å². The number of halogens is 1. The van der Waals surface area contributed by atoms with E-state index in [0.29, 0.717) is 41.8 Å². The van der Waals surface area contributed by atoms with Gasteiger partial charge in [-0.2, -0.15) is 0 Å². The molecule has 1 unspecified atom stereocenters. The normalized spacial score (nSPS) is 11.9. The first-order chi connectivity index (χ1) is 11.0. The average Bonchev–Trinajstić information content (AvgIpc) is 2.49. The monoisotopic (exact) mass is 342 g/mol. The Labute approximate surface area is 143 Å². The standard InChI is InChI=1S/C17H27ClN2O3/c1-4-6-9-23-16-14(18)10-13(11-15(16)22-5-2)17(21)20-8-7-12(3)19/h10-12H,4-9,19H2,1-3H3,(H,20,21). The summed E-state index contributed by atoms with van der Waals surface area (Å²) >= 11 is 6.27. The maximum atomic E-state index is 12.2. The molecule has 0 spiro atoms. The highest BCUT2D eigenvalue weighted by Gasteiger charge is 2.16. The molecule has 1 atom stereocenters. The van der Waals surface area contributed by atoms with Gasteiger partial charge >= 0.3 is 0 Å². The minimum atomic E-state index is -0.200. The number of carbonyl (C=O) groups is 1. The number of unbranched alkanes of at least 4 members (excludes halogenated alkanes) is 1. The fourth-order valence-electron chi connectivity index (χ4n) is 1.94. The molecule has 3 N–H and O–H groups in total. The van der Waals surface area contributed by atoms with Crippen molar-refractivity contribution in [1.29, 1.82) is 0 Å². The number of nitrogens with one attached hydrogen (secondary N) is 1. The van der Waals surface area contributed by atoms with E-state index in [-0.39, 0.29) is 11.9 Å². The van der Waals surface area contributed by atoms with Crippen LogP contribution in [0, 0.1) is 0 Å². The summed E-state index contributed by atoms with van der Waals surface area (Å²) < 4.78 is 11.3. The molecule has 0 aliphatic heterocycles. The van der Waals surface area contributed by atoms with E-state index in [0.717, 1.165) is 19.3 Å². The van der Waals surface area contributed by atoms with Crippen molar-refractivity contribution in [2.75, 3.05) is 19.8 Å². The van der Waals surface area contributed by atoms with Crippen LogP contribution < -0.4 is 20.5 Å². The lowest BCUT2D eigenvalue weighted by Crippen LogP contribution is -2.29. The zero-order valence-electron chi connectivity index (χ0n) is 14.2. The second kappa shape index (κ2) is 10.3. The molecule has 1 aromatic carbocycles. The van der Waals surface area contributed by atoms with Gasteiger partial charge in [0.1, 0.15) is 0 Å². The second-order valence-corrected chi connectivity index (χ2v) is 5.85. The third kappa shape index (κ3) is 6.67. The molecule has 0 saturated carbocycles. The van der Waals surface area contributed by atoms with Gasteiger partial charge < -0.3 is 20.5 Å². The highest BCUT2D eigenvalue weighted by molar-refractivity contribution is 6.32. The van der Waals surface area contributed by atoms with Crippen LogP contribution in [0.2, 0.25) is 5.02 Å². The van der Waals surface area contributed by atoms with Crippen LogP contribution in [0.25, 0.3) is 0 Å². The van der Waals surface area contributed by atoms with Gasteiger partial charge in [0.15, 0.2) is 11.5 Å². The van der Waals surface area contributed by atoms with Gasteiger partial charge in [-0.15, -0.1) is 0 Å². The van der Waals surface area contributed by atoms with E-state index in [2.05, 4.69) is 12.2 Å². The molecule has 0 fully saturated rings. The Balaban J connectivity index is 2.87. The van der Waals surface area contributed by atoms with Crippen LogP contribution in [-0.2, 0) is 0 Å². The highest BCUT2D eigenvalue weighted by atomic mass is 35.5. The van der Waals surface area contributed by atoms with E-state index < -0.39 is 0 Å². The van der Waals surface area contributed by atoms with Crippen molar-refractivity contribution in [2.24, 2.45) is 5.73 Å². The van der Waals surface area contributed by atoms with E-state index in [1.165, 1.54) is 0 Å². The van der Waals surface area contributed by atoms with Gasteiger partial charge in [-0.3, -0.25) is 4.79 Å². The molecular weight excluding hydrogens is 316 g/mol. The Morgan fingerprint density at radius 3 is 2.70 bits per heavy atom. The number of hydrogen-bond acceptors (Lipinski definition) is 4. The number of benzene rings is 1. The molecule has 0 aliphatic carbocycles. The molecule has 0 saturated heterocycles. The van der Waals surface area contributed by atoms with Crippen LogP contribution >= 0.6 is 11.6 Å². The molecule has 0 aliphatic rings. The molecule has 0 aromatic heterocycles. The predicted molar refractivity (Wildman–Crippen MR) is 93.6 cm³/mol. The number of ether oxygens (including phenoxy) is 2. The van der Waals surface area contributed by atoms with Crippen molar-refractivity contribution in [2.45, 2.75) is 46.1 Å². The first kappa shape index (κ1) is 19.6. The summed E-state index contributed by atoms with van der Waals surface area (Å²) in [6.45, 7) is 7.42. The summed E-state index contributed by atoms with van der Waals surface area (Å²) in [7, 11) is 0. The number of hydrogen-bond donors (Lipinski definition) is 2. The van der Waals surface area contributed by atoms with Crippen LogP contribution in [0.15, 0.2) is 12.1 Å². The van der Waals surface area contributed by atoms with E-state index in [1.54, 1.807) is 12.1 Å². The number of amides is 1. The first-order valence-electron chi connectivity index (χ1n) is 8.12. The summed E-state index contributed by atoms with van der Waals surface area (Å²) in [5, 5.41) is 3.20. The largest absolute Gasteiger partial charge is 0.490 e. The average molecular weight is 343 g/mol. The Morgan fingerprint density at radius 2 is 2.09 bits per heavy atom. The van der Waals surface area contributed by atoms with Crippen LogP contribution in [0.1, 0.15) is 50.4 Å². The Bertz CT molecular complexity index is 507. The zero-order chi connectivity index (χ0) is 17.2. The second-order valence-electron chi connectivity index (χ2n) is 5.44. The van der Waals surface area contributed by atoms with E-state index in [1.807, 2.05) is 13.8 Å². The number of carbonyl (C=O) groups excluding carboxylic acids is 1. The van der Waals surface area contributed by atoms with Crippen LogP contribution in [-0.4, -0.2) is 31.7 Å². The minimum absolute atomic E-state index is 0.0483. The summed E-state index contributed by atoms with van der Waals surface area (Å²) in [5.41, 5.74) is 6.12. The molecule has 130 valence electrons. The molecule has 6 heteroatoms. The van der Waals surface area contributed by atoms with E-state index in [9.17, 15) is 4.79 Å². The quantitative estimate of drug-likeness (QED) is 0.639. The summed E-state index contributed by atoms with van der Waals surface area (Å²) in [4.78, 5) is 12.2. The van der Waals surface area contributed by atoms with Crippen molar-refractivity contribution >= 4 is 17.5 Å². The molecule has 0 bridgehead atoms. The summed E-state index contributed by atoms with van der Waals surface area (Å²) in [6, 6.07) is 3.32. The molecule has 0 radical (unpaired) electrons. The first-order valence-corrected chi connectivity index (χ1v) is 8.50. The number of nitrogens with two attached hydrogens (primary N) is 1. The van der Waals surface area contributed by atoms with Crippen LogP contribution in [0.4, 0.5) is 0 Å². The highest BCUT2D eigenvalue weighted by Crippen LogP contribution is 2.36. The van der Waals surface area contributed by atoms with Gasteiger partial charge in [-0.1, -0.05) is 24.9 Å². The summed E-state index contributed by atoms with van der Waals surface area (Å²) in [6.07, 6.45) is 2.68. The molecule has 0 heterocycles. The Kier molecular flexibility index (Phi) is 8.81. The maximum absolute atomic E-state index is 12.2. The van der Waals surface area contributed by atoms with Crippen molar-refractivity contribution < 1.29 is 14.3 Å². The minimum Gasteiger partial charge on any atom is -0.490 e. The summed E-state index contributed by atoms with van der Waals surface area (Å²) in [5.74, 6) is 0.788. The zero-order valence-corrected chi connectivity index (χ0v) is 14.9. The Morgan fingerprint density at radius 1 is 1.35 bits per heavy atom. The van der Waals surface area contributed by atoms with Crippen molar-refractivity contribution in [3.63, 3.8) is 0 Å². The SMILES string of the molecule is CCCCOc1c(Cl)cc(C(=O)NCCC(C)N)cc1OCC. The number of rotatable bonds is 10. The van der Waals surface area contributed by atoms with Gasteiger partial charge in [0.05, 0.1) is 18.2 Å². The lowest BCUT2D eigenvalue weighted by Gasteiger charge is -2.15. The van der Waals surface area contributed by atoms with Gasteiger partial charge in [-0.05, 0) is 38.8 Å². The van der Waals surface area contributed by atoms with Crippen molar-refractivity contribution in [1.82, 2.24) is 5.32 Å². The smallest absolute Gasteiger partial charge is 0.251 e. The molecule has 1 aromatic rings. The van der Waals surface area contributed by atoms with Crippen LogP contribution in [0.3, 0.4) is 0 Å². The maximum Gasteiger partial charge on any atom is 0.251 e. The lowest BCUT2D eigenvalue weighted by molar-refractivity contribution is 0.0952. The fraction of sp³-hybridized carbons (Fsp3) is 0.588. The van der Waals surface area contributed by atoms with Gasteiger partial charge in [0, 0.05) is 18.2 Å². The lowest BCUT2D eigenvalue weighted by atomic mass is 10.1. The van der Waals surface area contributed by atoms with Crippen molar-refractivity contribution in [3.8, 4) is 11.5 Å². The third-order valence-electron chi connectivity index (χ3n) is 3.20. The van der Waals surface area contributed by atoms with Crippen molar-refractivity contribution in [3.05, 3.63) is 22.7 Å². The van der Waals surface area contributed by atoms with Gasteiger partial charge in [0.2, 0.25) is 0 Å². The molecule has 5 nitrogen and oxygen atoms in total. The topological polar surface area (TPSA) is 73.6 Å². The van der Waals surface area contributed by atoms with Crippen LogP contribution in [0.5, 0.6) is 11.5 Å². The Hall–Kier alpha value is -1.46. The third-order valence-corrected chi connectivity index (χ3v) is 3.48. The van der Waals surface area contributed by atoms with E-state index in [4.69, 9.17) is 26.8 Å². The molecular formula is C17H27ClN2O3. The molecule has 1 amide bonds. The van der Waals surface area contributed by atoms with Gasteiger partial charge in [0.25, 0.3) is 5.91 Å². The molecule has 23 heavy (non-hydrogen) atoms.